The molecule has 0 aliphatic carbocycles. The van der Waals surface area contributed by atoms with E-state index in [1.807, 2.05) is 52.6 Å². The highest BCUT2D eigenvalue weighted by molar-refractivity contribution is 5.95. The summed E-state index contributed by atoms with van der Waals surface area (Å²) in [5.74, 6) is 2.53. The number of piperazine rings is 1. The predicted molar refractivity (Wildman–Crippen MR) is 114 cm³/mol. The topological polar surface area (TPSA) is 69.9 Å². The Kier molecular flexibility index (Phi) is 5.08. The van der Waals surface area contributed by atoms with E-state index in [9.17, 15) is 4.79 Å². The molecule has 0 spiro atoms. The highest BCUT2D eigenvalue weighted by Crippen LogP contribution is 2.20. The van der Waals surface area contributed by atoms with Gasteiger partial charge >= 0.3 is 0 Å². The lowest BCUT2D eigenvalue weighted by Gasteiger charge is -2.35. The van der Waals surface area contributed by atoms with Crippen LogP contribution in [0.25, 0.3) is 5.78 Å². The minimum absolute atomic E-state index is 0.0815. The molecule has 3 heterocycles. The molecule has 0 N–H and O–H groups in total. The Morgan fingerprint density at radius 1 is 1.10 bits per heavy atom. The maximum atomic E-state index is 12.9. The fourth-order valence-electron chi connectivity index (χ4n) is 3.76. The fourth-order valence-corrected chi connectivity index (χ4v) is 3.76. The Morgan fingerprint density at radius 3 is 2.55 bits per heavy atom. The number of amides is 1. The van der Waals surface area contributed by atoms with Gasteiger partial charge in [0.25, 0.3) is 11.7 Å². The number of hydrogen-bond acceptors (Lipinski definition) is 6. The average molecular weight is 393 g/mol. The van der Waals surface area contributed by atoms with Gasteiger partial charge in [-0.2, -0.15) is 4.98 Å². The summed E-state index contributed by atoms with van der Waals surface area (Å²) in [6.07, 6.45) is 0.818. The first-order valence-corrected chi connectivity index (χ1v) is 10.0. The zero-order valence-corrected chi connectivity index (χ0v) is 17.5. The van der Waals surface area contributed by atoms with Crippen LogP contribution in [0.3, 0.4) is 0 Å². The Labute approximate surface area is 170 Å². The number of aromatic nitrogens is 4. The number of carbonyl (C=O) groups is 1. The van der Waals surface area contributed by atoms with Gasteiger partial charge in [-0.3, -0.25) is 9.20 Å². The maximum Gasteiger partial charge on any atom is 0.257 e. The molecular formula is C21H27N7O. The van der Waals surface area contributed by atoms with Crippen LogP contribution in [0.1, 0.15) is 28.8 Å². The summed E-state index contributed by atoms with van der Waals surface area (Å²) in [6, 6.07) is 9.85. The highest BCUT2D eigenvalue weighted by Gasteiger charge is 2.24. The van der Waals surface area contributed by atoms with Gasteiger partial charge in [0.05, 0.1) is 0 Å². The van der Waals surface area contributed by atoms with Crippen LogP contribution in [0.2, 0.25) is 0 Å². The molecule has 1 aliphatic heterocycles. The van der Waals surface area contributed by atoms with Crippen LogP contribution in [-0.4, -0.2) is 70.7 Å². The van der Waals surface area contributed by atoms with Crippen molar-refractivity contribution in [3.05, 3.63) is 47.4 Å². The number of benzene rings is 1. The summed E-state index contributed by atoms with van der Waals surface area (Å²) in [5, 5.41) is 8.44. The van der Waals surface area contributed by atoms with Crippen molar-refractivity contribution < 1.29 is 4.79 Å². The van der Waals surface area contributed by atoms with Crippen molar-refractivity contribution in [1.29, 1.82) is 0 Å². The van der Waals surface area contributed by atoms with E-state index in [0.29, 0.717) is 18.9 Å². The van der Waals surface area contributed by atoms with Gasteiger partial charge in [0.15, 0.2) is 0 Å². The van der Waals surface area contributed by atoms with Crippen molar-refractivity contribution >= 4 is 23.2 Å². The molecule has 8 heteroatoms. The van der Waals surface area contributed by atoms with Crippen molar-refractivity contribution in [3.8, 4) is 0 Å². The standard InChI is InChI=1S/C21H27N7O/c1-5-18-23-24-21-22-19(13-15(2)28(18)21)26-9-11-27(12-10-26)20(29)16-7-6-8-17(14-16)25(3)4/h6-8,13-14H,5,9-12H2,1-4H3. The lowest BCUT2D eigenvalue weighted by Crippen LogP contribution is -2.49. The highest BCUT2D eigenvalue weighted by atomic mass is 16.2. The number of carbonyl (C=O) groups excluding carboxylic acids is 1. The van der Waals surface area contributed by atoms with Crippen LogP contribution in [-0.2, 0) is 6.42 Å². The van der Waals surface area contributed by atoms with Crippen molar-refractivity contribution in [2.24, 2.45) is 0 Å². The molecule has 1 amide bonds. The van der Waals surface area contributed by atoms with Gasteiger partial charge < -0.3 is 14.7 Å². The second-order valence-electron chi connectivity index (χ2n) is 7.58. The van der Waals surface area contributed by atoms with Crippen molar-refractivity contribution in [3.63, 3.8) is 0 Å². The monoisotopic (exact) mass is 393 g/mol. The minimum atomic E-state index is 0.0815. The van der Waals surface area contributed by atoms with E-state index in [0.717, 1.165) is 48.1 Å². The van der Waals surface area contributed by atoms with Crippen LogP contribution in [0.5, 0.6) is 0 Å². The molecule has 152 valence electrons. The van der Waals surface area contributed by atoms with Gasteiger partial charge in [-0.05, 0) is 25.1 Å². The second kappa shape index (κ2) is 7.69. The van der Waals surface area contributed by atoms with Gasteiger partial charge in [0, 0.05) is 69.7 Å². The van der Waals surface area contributed by atoms with E-state index in [4.69, 9.17) is 4.98 Å². The van der Waals surface area contributed by atoms with Crippen molar-refractivity contribution in [2.75, 3.05) is 50.1 Å². The lowest BCUT2D eigenvalue weighted by atomic mass is 10.1. The van der Waals surface area contributed by atoms with Gasteiger partial charge in [0.1, 0.15) is 11.6 Å². The van der Waals surface area contributed by atoms with Gasteiger partial charge in [-0.25, -0.2) is 0 Å². The summed E-state index contributed by atoms with van der Waals surface area (Å²) >= 11 is 0. The second-order valence-corrected chi connectivity index (χ2v) is 7.58. The smallest absolute Gasteiger partial charge is 0.257 e. The number of hydrogen-bond donors (Lipinski definition) is 0. The first kappa shape index (κ1) is 19.2. The summed E-state index contributed by atoms with van der Waals surface area (Å²) in [4.78, 5) is 23.8. The van der Waals surface area contributed by atoms with Crippen LogP contribution in [0.4, 0.5) is 11.5 Å². The number of fused-ring (bicyclic) bond motifs is 1. The maximum absolute atomic E-state index is 12.9. The third-order valence-electron chi connectivity index (χ3n) is 5.43. The molecule has 0 bridgehead atoms. The van der Waals surface area contributed by atoms with Crippen LogP contribution >= 0.6 is 0 Å². The van der Waals surface area contributed by atoms with Crippen molar-refractivity contribution in [1.82, 2.24) is 24.5 Å². The molecule has 1 fully saturated rings. The summed E-state index contributed by atoms with van der Waals surface area (Å²) in [7, 11) is 3.96. The molecule has 0 unspecified atom stereocenters. The molecule has 1 aliphatic rings. The molecule has 4 rings (SSSR count). The van der Waals surface area contributed by atoms with Crippen LogP contribution in [0.15, 0.2) is 30.3 Å². The third-order valence-corrected chi connectivity index (χ3v) is 5.43. The number of aryl methyl sites for hydroxylation is 2. The quantitative estimate of drug-likeness (QED) is 0.676. The SMILES string of the molecule is CCc1nnc2nc(N3CCN(C(=O)c4cccc(N(C)C)c4)CC3)cc(C)n12. The van der Waals surface area contributed by atoms with E-state index in [1.165, 1.54) is 0 Å². The Bertz CT molecular complexity index is 1030. The molecule has 1 aromatic carbocycles. The Morgan fingerprint density at radius 2 is 1.86 bits per heavy atom. The fraction of sp³-hybridized carbons (Fsp3) is 0.429. The van der Waals surface area contributed by atoms with Crippen molar-refractivity contribution in [2.45, 2.75) is 20.3 Å². The zero-order chi connectivity index (χ0) is 20.5. The summed E-state index contributed by atoms with van der Waals surface area (Å²) in [6.45, 7) is 6.95. The van der Waals surface area contributed by atoms with E-state index in [-0.39, 0.29) is 5.91 Å². The molecule has 0 radical (unpaired) electrons. The third kappa shape index (κ3) is 3.62. The molecule has 0 atom stereocenters. The molecule has 2 aromatic heterocycles. The largest absolute Gasteiger partial charge is 0.378 e. The number of rotatable bonds is 4. The molecule has 29 heavy (non-hydrogen) atoms. The summed E-state index contributed by atoms with van der Waals surface area (Å²) in [5.41, 5.74) is 2.84. The molecule has 0 saturated carbocycles. The predicted octanol–water partition coefficient (Wildman–Crippen LogP) is 2.02. The molecule has 3 aromatic rings. The van der Waals surface area contributed by atoms with E-state index in [1.54, 1.807) is 0 Å². The van der Waals surface area contributed by atoms with Gasteiger partial charge in [0.2, 0.25) is 0 Å². The first-order chi connectivity index (χ1) is 14.0. The Balaban J connectivity index is 1.47. The van der Waals surface area contributed by atoms with Gasteiger partial charge in [-0.15, -0.1) is 10.2 Å². The number of nitrogens with zero attached hydrogens (tertiary/aromatic N) is 7. The van der Waals surface area contributed by atoms with Crippen LogP contribution in [0, 0.1) is 6.92 Å². The van der Waals surface area contributed by atoms with Crippen LogP contribution < -0.4 is 9.80 Å². The molecule has 1 saturated heterocycles. The van der Waals surface area contributed by atoms with Gasteiger partial charge in [-0.1, -0.05) is 13.0 Å². The molecule has 8 nitrogen and oxygen atoms in total. The zero-order valence-electron chi connectivity index (χ0n) is 17.5. The lowest BCUT2D eigenvalue weighted by molar-refractivity contribution is 0.0746. The van der Waals surface area contributed by atoms with E-state index < -0.39 is 0 Å². The van der Waals surface area contributed by atoms with E-state index in [2.05, 4.69) is 35.0 Å². The first-order valence-electron chi connectivity index (χ1n) is 10.0. The number of anilines is 2. The Hall–Kier alpha value is -3.16. The minimum Gasteiger partial charge on any atom is -0.378 e. The summed E-state index contributed by atoms with van der Waals surface area (Å²) < 4.78 is 2.00. The van der Waals surface area contributed by atoms with E-state index >= 15 is 0 Å². The molecular weight excluding hydrogens is 366 g/mol. The normalized spacial score (nSPS) is 14.5. The average Bonchev–Trinajstić information content (AvgIpc) is 3.17.